The molecule has 6 aromatic carbocycles. The van der Waals surface area contributed by atoms with E-state index in [0.717, 1.165) is 52.7 Å². The lowest BCUT2D eigenvalue weighted by atomic mass is 9.58. The molecule has 0 N–H and O–H groups in total. The molecule has 0 heterocycles. The highest BCUT2D eigenvalue weighted by Gasteiger charge is 2.59. The van der Waals surface area contributed by atoms with Crippen molar-refractivity contribution in [3.05, 3.63) is 248 Å². The standard InChI is InChI=1S/C69H66O6/c1-46-23-31-57(41-49(46)25-24-48(3)68(61-18-10-8-16-59(61)60-17-9-11-19-62(60)68)65-43-50-26-32-56(72-7)42-51(50)40-47(65)2)74-45-58(44-71-6)75-55-35-29-53(30-36-55)69(52-27-33-54(34-28-52)73-39-38-70-5)64-21-13-12-20-63(64)67(4)37-15-14-22-66(67)69/h8-11,13-19,21-27,29-33,35-37,41-43,47,58,66H,1,28,34,38-40,44-45H2,2-7H3/b48-24+,49-25-. The van der Waals surface area contributed by atoms with E-state index in [1.807, 2.05) is 18.2 Å². The van der Waals surface area contributed by atoms with E-state index in [4.69, 9.17) is 28.4 Å². The minimum Gasteiger partial charge on any atom is -0.497 e. The Balaban J connectivity index is 0.881. The molecule has 5 unspecified atom stereocenters. The lowest BCUT2D eigenvalue weighted by molar-refractivity contribution is 0.0484. The van der Waals surface area contributed by atoms with Gasteiger partial charge >= 0.3 is 0 Å². The second-order valence-corrected chi connectivity index (χ2v) is 20.9. The average Bonchev–Trinajstić information content (AvgIpc) is 4.00. The number of allylic oxidation sites excluding steroid dienone is 11. The molecule has 6 nitrogen and oxygen atoms in total. The van der Waals surface area contributed by atoms with E-state index in [0.29, 0.717) is 19.8 Å². The number of benzene rings is 5. The van der Waals surface area contributed by atoms with Gasteiger partial charge in [-0.15, -0.1) is 0 Å². The molecule has 0 bridgehead atoms. The average molecular weight is 991 g/mol. The molecule has 0 saturated carbocycles. The Labute approximate surface area is 443 Å². The first-order chi connectivity index (χ1) is 36.6. The summed E-state index contributed by atoms with van der Waals surface area (Å²) in [5.74, 6) is 3.75. The van der Waals surface area contributed by atoms with Gasteiger partial charge in [0.15, 0.2) is 6.10 Å². The van der Waals surface area contributed by atoms with Crippen LogP contribution in [0.3, 0.4) is 0 Å². The summed E-state index contributed by atoms with van der Waals surface area (Å²) in [6.45, 7) is 13.2. The van der Waals surface area contributed by atoms with Crippen molar-refractivity contribution in [2.45, 2.75) is 62.4 Å². The molecule has 11 rings (SSSR count). The van der Waals surface area contributed by atoms with Crippen molar-refractivity contribution < 1.29 is 28.4 Å². The lowest BCUT2D eigenvalue weighted by Crippen LogP contribution is -2.41. The highest BCUT2D eigenvalue weighted by molar-refractivity contribution is 5.88. The van der Waals surface area contributed by atoms with Crippen LogP contribution in [0.4, 0.5) is 0 Å². The summed E-state index contributed by atoms with van der Waals surface area (Å²) in [7, 11) is 5.14. The zero-order chi connectivity index (χ0) is 51.7. The Morgan fingerprint density at radius 3 is 2.27 bits per heavy atom. The number of hydrogen-bond acceptors (Lipinski definition) is 6. The van der Waals surface area contributed by atoms with Gasteiger partial charge in [0.05, 0.1) is 31.5 Å². The van der Waals surface area contributed by atoms with Gasteiger partial charge in [0, 0.05) is 43.0 Å². The topological polar surface area (TPSA) is 55.4 Å². The molecular formula is C69H66O6. The van der Waals surface area contributed by atoms with Gasteiger partial charge in [-0.1, -0.05) is 165 Å². The maximum atomic E-state index is 6.71. The Kier molecular flexibility index (Phi) is 13.7. The number of methoxy groups -OCH3 is 3. The van der Waals surface area contributed by atoms with Crippen molar-refractivity contribution in [3.63, 3.8) is 0 Å². The molecule has 6 heteroatoms. The fourth-order valence-corrected chi connectivity index (χ4v) is 13.2. The first-order valence-corrected chi connectivity index (χ1v) is 26.4. The minimum atomic E-state index is -0.475. The van der Waals surface area contributed by atoms with Gasteiger partial charge in [-0.25, -0.2) is 0 Å². The highest BCUT2D eigenvalue weighted by Crippen LogP contribution is 2.63. The fraction of sp³-hybridized carbons (Fsp3) is 0.275. The molecule has 5 atom stereocenters. The zero-order valence-corrected chi connectivity index (χ0v) is 44.1. The Bertz CT molecular complexity index is 3400. The zero-order valence-electron chi connectivity index (χ0n) is 44.1. The van der Waals surface area contributed by atoms with Gasteiger partial charge in [0.25, 0.3) is 0 Å². The summed E-state index contributed by atoms with van der Waals surface area (Å²) in [6.07, 6.45) is 22.7. The van der Waals surface area contributed by atoms with Crippen LogP contribution in [-0.4, -0.2) is 53.9 Å². The molecule has 0 aliphatic heterocycles. The van der Waals surface area contributed by atoms with Crippen LogP contribution in [0.5, 0.6) is 17.2 Å². The smallest absolute Gasteiger partial charge is 0.156 e. The number of fused-ring (bicyclic) bond motifs is 7. The summed E-state index contributed by atoms with van der Waals surface area (Å²) in [5.41, 5.74) is 14.2. The van der Waals surface area contributed by atoms with E-state index in [9.17, 15) is 0 Å². The van der Waals surface area contributed by atoms with Crippen molar-refractivity contribution >= 4 is 18.7 Å². The lowest BCUT2D eigenvalue weighted by Gasteiger charge is -2.44. The molecule has 0 amide bonds. The van der Waals surface area contributed by atoms with Crippen molar-refractivity contribution in [1.29, 1.82) is 0 Å². The first kappa shape index (κ1) is 49.6. The van der Waals surface area contributed by atoms with E-state index in [-0.39, 0.29) is 30.0 Å². The van der Waals surface area contributed by atoms with Crippen LogP contribution in [0.15, 0.2) is 186 Å². The van der Waals surface area contributed by atoms with E-state index in [1.54, 1.807) is 21.3 Å². The predicted molar refractivity (Wildman–Crippen MR) is 301 cm³/mol. The monoisotopic (exact) mass is 990 g/mol. The normalized spacial score (nSPS) is 22.3. The van der Waals surface area contributed by atoms with Crippen LogP contribution in [0, 0.1) is 24.0 Å². The molecular weight excluding hydrogens is 925 g/mol. The molecule has 5 aliphatic rings. The largest absolute Gasteiger partial charge is 0.497 e. The number of ether oxygens (including phenoxy) is 6. The molecule has 0 aromatic heterocycles. The van der Waals surface area contributed by atoms with Gasteiger partial charge in [-0.2, -0.15) is 0 Å². The maximum Gasteiger partial charge on any atom is 0.156 e. The number of rotatable bonds is 17. The van der Waals surface area contributed by atoms with E-state index in [1.165, 1.54) is 66.8 Å². The summed E-state index contributed by atoms with van der Waals surface area (Å²) in [4.78, 5) is 0. The predicted octanol–water partition coefficient (Wildman–Crippen LogP) is 12.7. The van der Waals surface area contributed by atoms with E-state index >= 15 is 0 Å². The van der Waals surface area contributed by atoms with Crippen LogP contribution in [0.2, 0.25) is 0 Å². The highest BCUT2D eigenvalue weighted by atomic mass is 16.6. The Morgan fingerprint density at radius 1 is 0.773 bits per heavy atom. The van der Waals surface area contributed by atoms with Crippen molar-refractivity contribution in [2.75, 3.05) is 47.8 Å². The van der Waals surface area contributed by atoms with Crippen LogP contribution < -0.4 is 24.6 Å². The first-order valence-electron chi connectivity index (χ1n) is 26.4. The van der Waals surface area contributed by atoms with Crippen LogP contribution in [0.25, 0.3) is 29.9 Å². The SMILES string of the molecule is C=c1ccc(OCC(COC)Oc2ccc(C3(C4=CC=C(OCCOC)CC4)c4ccc#cc4C4(C)C=CC=CC43)cc2)c/c1=C/C=C(\C)C1(C2=Cc3ccc(OC)cc3CC2C)c2ccccc2-c2ccccc21. The molecule has 6 aromatic rings. The summed E-state index contributed by atoms with van der Waals surface area (Å²) < 4.78 is 36.0. The fourth-order valence-electron chi connectivity index (χ4n) is 13.2. The Hall–Kier alpha value is -7.56. The van der Waals surface area contributed by atoms with Crippen molar-refractivity contribution in [3.8, 4) is 28.4 Å². The molecule has 0 fully saturated rings. The Morgan fingerprint density at radius 2 is 1.53 bits per heavy atom. The van der Waals surface area contributed by atoms with Crippen molar-refractivity contribution in [1.82, 2.24) is 0 Å². The van der Waals surface area contributed by atoms with Gasteiger partial charge in [-0.3, -0.25) is 0 Å². The summed E-state index contributed by atoms with van der Waals surface area (Å²) in [5, 5.41) is 1.90. The summed E-state index contributed by atoms with van der Waals surface area (Å²) >= 11 is 0. The minimum absolute atomic E-state index is 0.124. The third-order valence-corrected chi connectivity index (χ3v) is 16.7. The second-order valence-electron chi connectivity index (χ2n) is 20.9. The number of hydrogen-bond donors (Lipinski definition) is 0. The van der Waals surface area contributed by atoms with Gasteiger partial charge in [0.1, 0.15) is 30.5 Å². The molecule has 378 valence electrons. The van der Waals surface area contributed by atoms with Crippen LogP contribution in [-0.2, 0) is 36.9 Å². The maximum absolute atomic E-state index is 6.71. The molecule has 0 radical (unpaired) electrons. The summed E-state index contributed by atoms with van der Waals surface area (Å²) in [6, 6.07) is 50.3. The molecule has 75 heavy (non-hydrogen) atoms. The second kappa shape index (κ2) is 20.6. The van der Waals surface area contributed by atoms with Crippen molar-refractivity contribution in [2.24, 2.45) is 11.8 Å². The van der Waals surface area contributed by atoms with E-state index < -0.39 is 10.8 Å². The van der Waals surface area contributed by atoms with Crippen LogP contribution in [0.1, 0.15) is 72.6 Å². The van der Waals surface area contributed by atoms with Gasteiger partial charge in [-0.05, 0) is 141 Å². The quantitative estimate of drug-likeness (QED) is 0.0849. The molecule has 0 saturated heterocycles. The third-order valence-electron chi connectivity index (χ3n) is 16.7. The third kappa shape index (κ3) is 8.57. The van der Waals surface area contributed by atoms with Crippen LogP contribution >= 0.6 is 0 Å². The van der Waals surface area contributed by atoms with Gasteiger partial charge in [0.2, 0.25) is 0 Å². The molecule has 5 aliphatic carbocycles. The van der Waals surface area contributed by atoms with Gasteiger partial charge < -0.3 is 28.4 Å². The van der Waals surface area contributed by atoms with E-state index in [2.05, 4.69) is 197 Å². The molecule has 0 spiro atoms.